The summed E-state index contributed by atoms with van der Waals surface area (Å²) >= 11 is 1.70. The number of rotatable bonds is 7. The molecule has 0 aromatic heterocycles. The summed E-state index contributed by atoms with van der Waals surface area (Å²) in [6.07, 6.45) is 3.84. The standard InChI is InChI=1S/C20H28N2O4S/c1-21(15-18(23)24)13-16-14-22(11-12-26-16)19(25)20(9-5-6-10-20)27-17-7-3-2-4-8-17/h2-4,7-8,16H,5-6,9-15H2,1H3,(H,23,24). The second-order valence-corrected chi connectivity index (χ2v) is 8.91. The Hall–Kier alpha value is -1.57. The summed E-state index contributed by atoms with van der Waals surface area (Å²) in [6, 6.07) is 10.2. The molecule has 2 fully saturated rings. The molecule has 1 amide bonds. The van der Waals surface area contributed by atoms with Gasteiger partial charge in [-0.1, -0.05) is 31.0 Å². The SMILES string of the molecule is CN(CC(=O)O)CC1CN(C(=O)C2(Sc3ccccc3)CCCC2)CCO1. The van der Waals surface area contributed by atoms with E-state index in [4.69, 9.17) is 9.84 Å². The lowest BCUT2D eigenvalue weighted by molar-refractivity contribution is -0.144. The molecule has 0 radical (unpaired) electrons. The summed E-state index contributed by atoms with van der Waals surface area (Å²) < 4.78 is 5.41. The Balaban J connectivity index is 1.66. The number of nitrogens with zero attached hydrogens (tertiary/aromatic N) is 2. The number of ether oxygens (including phenoxy) is 1. The minimum absolute atomic E-state index is 0.0262. The molecule has 2 aliphatic rings. The first-order chi connectivity index (χ1) is 13.0. The molecule has 1 heterocycles. The lowest BCUT2D eigenvalue weighted by atomic mass is 10.0. The average molecular weight is 393 g/mol. The van der Waals surface area contributed by atoms with Gasteiger partial charge in [-0.25, -0.2) is 0 Å². The summed E-state index contributed by atoms with van der Waals surface area (Å²) in [4.78, 5) is 29.1. The van der Waals surface area contributed by atoms with Crippen molar-refractivity contribution in [1.82, 2.24) is 9.80 Å². The van der Waals surface area contributed by atoms with Crippen LogP contribution in [0.1, 0.15) is 25.7 Å². The largest absolute Gasteiger partial charge is 0.480 e. The fourth-order valence-electron chi connectivity index (χ4n) is 3.97. The van der Waals surface area contributed by atoms with Gasteiger partial charge in [-0.05, 0) is 32.0 Å². The van der Waals surface area contributed by atoms with Gasteiger partial charge in [0.2, 0.25) is 5.91 Å². The van der Waals surface area contributed by atoms with Crippen molar-refractivity contribution in [2.24, 2.45) is 0 Å². The zero-order valence-corrected chi connectivity index (χ0v) is 16.6. The number of thioether (sulfide) groups is 1. The Labute approximate surface area is 164 Å². The predicted molar refractivity (Wildman–Crippen MR) is 105 cm³/mol. The van der Waals surface area contributed by atoms with Gasteiger partial charge in [0.15, 0.2) is 0 Å². The molecular weight excluding hydrogens is 364 g/mol. The van der Waals surface area contributed by atoms with E-state index in [1.165, 1.54) is 0 Å². The molecule has 6 nitrogen and oxygen atoms in total. The van der Waals surface area contributed by atoms with Crippen LogP contribution >= 0.6 is 11.8 Å². The monoisotopic (exact) mass is 392 g/mol. The van der Waals surface area contributed by atoms with Crippen LogP contribution < -0.4 is 0 Å². The number of morpholine rings is 1. The molecule has 1 atom stereocenters. The van der Waals surface area contributed by atoms with Crippen molar-refractivity contribution in [3.63, 3.8) is 0 Å². The number of hydrogen-bond acceptors (Lipinski definition) is 5. The Morgan fingerprint density at radius 1 is 1.30 bits per heavy atom. The van der Waals surface area contributed by atoms with Crippen LogP contribution in [0.3, 0.4) is 0 Å². The Morgan fingerprint density at radius 2 is 2.00 bits per heavy atom. The lowest BCUT2D eigenvalue weighted by Crippen LogP contribution is -2.54. The van der Waals surface area contributed by atoms with Crippen LogP contribution in [-0.4, -0.2) is 77.5 Å². The zero-order valence-electron chi connectivity index (χ0n) is 15.8. The molecule has 1 saturated carbocycles. The number of carboxylic acid groups (broad SMARTS) is 1. The molecule has 0 spiro atoms. The van der Waals surface area contributed by atoms with E-state index in [9.17, 15) is 9.59 Å². The van der Waals surface area contributed by atoms with Crippen LogP contribution in [-0.2, 0) is 14.3 Å². The average Bonchev–Trinajstić information content (AvgIpc) is 3.11. The summed E-state index contributed by atoms with van der Waals surface area (Å²) in [5.41, 5.74) is 0. The van der Waals surface area contributed by atoms with E-state index in [-0.39, 0.29) is 23.3 Å². The minimum atomic E-state index is -0.856. The van der Waals surface area contributed by atoms with Crippen molar-refractivity contribution in [1.29, 1.82) is 0 Å². The predicted octanol–water partition coefficient (Wildman–Crippen LogP) is 2.34. The maximum atomic E-state index is 13.5. The van der Waals surface area contributed by atoms with Gasteiger partial charge in [0, 0.05) is 24.5 Å². The van der Waals surface area contributed by atoms with Crippen LogP contribution in [0.25, 0.3) is 0 Å². The van der Waals surface area contributed by atoms with Crippen LogP contribution in [0.4, 0.5) is 0 Å². The van der Waals surface area contributed by atoms with Gasteiger partial charge >= 0.3 is 5.97 Å². The van der Waals surface area contributed by atoms with Crippen molar-refractivity contribution >= 4 is 23.6 Å². The second-order valence-electron chi connectivity index (χ2n) is 7.45. The van der Waals surface area contributed by atoms with Crippen molar-refractivity contribution in [2.45, 2.75) is 41.4 Å². The summed E-state index contributed by atoms with van der Waals surface area (Å²) in [5, 5.41) is 8.92. The highest BCUT2D eigenvalue weighted by molar-refractivity contribution is 8.01. The molecule has 0 bridgehead atoms. The first kappa shape index (κ1) is 20.2. The van der Waals surface area contributed by atoms with Gasteiger partial charge in [-0.3, -0.25) is 14.5 Å². The highest BCUT2D eigenvalue weighted by atomic mass is 32.2. The number of amides is 1. The van der Waals surface area contributed by atoms with Gasteiger partial charge in [0.05, 0.1) is 24.0 Å². The first-order valence-corrected chi connectivity index (χ1v) is 10.4. The third-order valence-electron chi connectivity index (χ3n) is 5.20. The zero-order chi connectivity index (χ0) is 19.3. The van der Waals surface area contributed by atoms with E-state index in [1.807, 2.05) is 23.1 Å². The van der Waals surface area contributed by atoms with Gasteiger partial charge in [-0.15, -0.1) is 11.8 Å². The number of hydrogen-bond donors (Lipinski definition) is 1. The topological polar surface area (TPSA) is 70.1 Å². The van der Waals surface area contributed by atoms with E-state index in [0.29, 0.717) is 26.2 Å². The van der Waals surface area contributed by atoms with Crippen LogP contribution in [0.2, 0.25) is 0 Å². The molecule has 27 heavy (non-hydrogen) atoms. The Kier molecular flexibility index (Phi) is 6.78. The van der Waals surface area contributed by atoms with Crippen molar-refractivity contribution in [3.8, 4) is 0 Å². The third kappa shape index (κ3) is 5.24. The molecule has 1 aromatic rings. The number of carbonyl (C=O) groups is 2. The minimum Gasteiger partial charge on any atom is -0.480 e. The second kappa shape index (κ2) is 9.08. The van der Waals surface area contributed by atoms with Crippen LogP contribution in [0.5, 0.6) is 0 Å². The number of likely N-dealkylation sites (N-methyl/N-ethyl adjacent to an activating group) is 1. The normalized spacial score (nSPS) is 22.1. The van der Waals surface area contributed by atoms with Crippen molar-refractivity contribution < 1.29 is 19.4 Å². The van der Waals surface area contributed by atoms with Crippen molar-refractivity contribution in [2.75, 3.05) is 39.8 Å². The van der Waals surface area contributed by atoms with Gasteiger partial charge in [0.25, 0.3) is 0 Å². The lowest BCUT2D eigenvalue weighted by Gasteiger charge is -2.39. The third-order valence-corrected chi connectivity index (χ3v) is 6.69. The molecule has 7 heteroatoms. The van der Waals surface area contributed by atoms with E-state index >= 15 is 0 Å². The molecular formula is C20H28N2O4S. The molecule has 1 N–H and O–H groups in total. The van der Waals surface area contributed by atoms with Gasteiger partial charge in [0.1, 0.15) is 0 Å². The van der Waals surface area contributed by atoms with Crippen molar-refractivity contribution in [3.05, 3.63) is 30.3 Å². The highest BCUT2D eigenvalue weighted by Crippen LogP contribution is 2.46. The number of aliphatic carboxylic acids is 1. The highest BCUT2D eigenvalue weighted by Gasteiger charge is 2.45. The quantitative estimate of drug-likeness (QED) is 0.768. The number of carboxylic acids is 1. The van der Waals surface area contributed by atoms with E-state index in [2.05, 4.69) is 12.1 Å². The van der Waals surface area contributed by atoms with Crippen LogP contribution in [0, 0.1) is 0 Å². The molecule has 1 unspecified atom stereocenters. The van der Waals surface area contributed by atoms with E-state index in [1.54, 1.807) is 23.7 Å². The van der Waals surface area contributed by atoms with Gasteiger partial charge in [-0.2, -0.15) is 0 Å². The maximum Gasteiger partial charge on any atom is 0.317 e. The summed E-state index contributed by atoms with van der Waals surface area (Å²) in [5.74, 6) is -0.645. The fraction of sp³-hybridized carbons (Fsp3) is 0.600. The van der Waals surface area contributed by atoms with E-state index in [0.717, 1.165) is 30.6 Å². The molecule has 1 aliphatic heterocycles. The Morgan fingerprint density at radius 3 is 2.67 bits per heavy atom. The molecule has 1 aromatic carbocycles. The molecule has 3 rings (SSSR count). The van der Waals surface area contributed by atoms with Crippen LogP contribution in [0.15, 0.2) is 35.2 Å². The summed E-state index contributed by atoms with van der Waals surface area (Å²) in [7, 11) is 1.77. The first-order valence-electron chi connectivity index (χ1n) is 9.54. The fourth-order valence-corrected chi connectivity index (χ4v) is 5.42. The summed E-state index contributed by atoms with van der Waals surface area (Å²) in [6.45, 7) is 2.12. The number of carbonyl (C=O) groups excluding carboxylic acids is 1. The number of benzene rings is 1. The molecule has 1 aliphatic carbocycles. The molecule has 148 valence electrons. The Bertz CT molecular complexity index is 649. The molecule has 1 saturated heterocycles. The maximum absolute atomic E-state index is 13.5. The smallest absolute Gasteiger partial charge is 0.317 e. The van der Waals surface area contributed by atoms with Gasteiger partial charge < -0.3 is 14.7 Å². The van der Waals surface area contributed by atoms with E-state index < -0.39 is 5.97 Å².